The van der Waals surface area contributed by atoms with Crippen LogP contribution in [0.1, 0.15) is 33.1 Å². The summed E-state index contributed by atoms with van der Waals surface area (Å²) in [6.45, 7) is 3.42. The van der Waals surface area contributed by atoms with Crippen LogP contribution in [0.25, 0.3) is 0 Å². The summed E-state index contributed by atoms with van der Waals surface area (Å²) in [4.78, 5) is 23.3. The zero-order valence-corrected chi connectivity index (χ0v) is 12.1. The molecule has 20 heavy (non-hydrogen) atoms. The Morgan fingerprint density at radius 2 is 1.95 bits per heavy atom. The van der Waals surface area contributed by atoms with Crippen molar-refractivity contribution < 1.29 is 19.1 Å². The first-order chi connectivity index (χ1) is 9.36. The number of amides is 1. The van der Waals surface area contributed by atoms with Crippen molar-refractivity contribution in [1.29, 1.82) is 0 Å². The molecule has 1 aromatic rings. The third-order valence-corrected chi connectivity index (χ3v) is 3.85. The van der Waals surface area contributed by atoms with E-state index in [0.29, 0.717) is 12.8 Å². The first kappa shape index (κ1) is 16.4. The molecule has 1 rings (SSSR count). The Morgan fingerprint density at radius 3 is 2.40 bits per heavy atom. The van der Waals surface area contributed by atoms with Gasteiger partial charge in [-0.05, 0) is 25.0 Å². The molecule has 0 fully saturated rings. The van der Waals surface area contributed by atoms with E-state index >= 15 is 0 Å². The van der Waals surface area contributed by atoms with E-state index in [1.165, 1.54) is 18.2 Å². The Bertz CT molecular complexity index is 495. The fourth-order valence-electron chi connectivity index (χ4n) is 1.99. The Balaban J connectivity index is 2.89. The Hall–Kier alpha value is -1.62. The third-order valence-electron chi connectivity index (χ3n) is 3.53. The minimum Gasteiger partial charge on any atom is -0.481 e. The van der Waals surface area contributed by atoms with Crippen molar-refractivity contribution in [2.45, 2.75) is 33.1 Å². The molecular formula is C14H17ClFNO3. The van der Waals surface area contributed by atoms with Gasteiger partial charge < -0.3 is 10.4 Å². The summed E-state index contributed by atoms with van der Waals surface area (Å²) >= 11 is 5.80. The number of carboxylic acid groups (broad SMARTS) is 1. The van der Waals surface area contributed by atoms with Crippen LogP contribution in [-0.2, 0) is 9.59 Å². The number of carbonyl (C=O) groups is 2. The standard InChI is InChI=1S/C14H17ClFNO3/c1-3-14(4-2,13(19)20)8-11(18)17-12-9(15)6-5-7-10(12)16/h5-7H,3-4,8H2,1-2H3,(H,17,18)(H,19,20). The van der Waals surface area contributed by atoms with Gasteiger partial charge in [0.1, 0.15) is 5.82 Å². The number of hydrogen-bond donors (Lipinski definition) is 2. The summed E-state index contributed by atoms with van der Waals surface area (Å²) in [6.07, 6.45) is 0.411. The molecule has 4 nitrogen and oxygen atoms in total. The summed E-state index contributed by atoms with van der Waals surface area (Å²) in [7, 11) is 0. The second-order valence-electron chi connectivity index (χ2n) is 4.61. The topological polar surface area (TPSA) is 66.4 Å². The highest BCUT2D eigenvalue weighted by atomic mass is 35.5. The van der Waals surface area contributed by atoms with Crippen molar-refractivity contribution in [2.24, 2.45) is 5.41 Å². The summed E-state index contributed by atoms with van der Waals surface area (Å²) in [5.74, 6) is -2.25. The van der Waals surface area contributed by atoms with Crippen LogP contribution in [0, 0.1) is 11.2 Å². The quantitative estimate of drug-likeness (QED) is 0.842. The number of hydrogen-bond acceptors (Lipinski definition) is 2. The van der Waals surface area contributed by atoms with Crippen LogP contribution in [0.3, 0.4) is 0 Å². The highest BCUT2D eigenvalue weighted by Gasteiger charge is 2.37. The minimum atomic E-state index is -1.14. The van der Waals surface area contributed by atoms with Crippen LogP contribution >= 0.6 is 11.6 Å². The maximum absolute atomic E-state index is 13.6. The largest absolute Gasteiger partial charge is 0.481 e. The van der Waals surface area contributed by atoms with E-state index in [9.17, 15) is 19.1 Å². The number of carbonyl (C=O) groups excluding carboxylic acids is 1. The number of halogens is 2. The Labute approximate surface area is 121 Å². The lowest BCUT2D eigenvalue weighted by atomic mass is 9.79. The van der Waals surface area contributed by atoms with Crippen molar-refractivity contribution in [3.05, 3.63) is 29.0 Å². The highest BCUT2D eigenvalue weighted by Crippen LogP contribution is 2.32. The molecule has 0 saturated heterocycles. The molecule has 0 heterocycles. The second-order valence-corrected chi connectivity index (χ2v) is 5.02. The zero-order chi connectivity index (χ0) is 15.3. The first-order valence-electron chi connectivity index (χ1n) is 6.33. The van der Waals surface area contributed by atoms with Crippen LogP contribution < -0.4 is 5.32 Å². The molecule has 1 amide bonds. The number of nitrogens with one attached hydrogen (secondary N) is 1. The molecule has 0 bridgehead atoms. The molecular weight excluding hydrogens is 285 g/mol. The van der Waals surface area contributed by atoms with E-state index in [1.54, 1.807) is 13.8 Å². The van der Waals surface area contributed by atoms with E-state index in [4.69, 9.17) is 11.6 Å². The molecule has 0 aliphatic rings. The molecule has 0 saturated carbocycles. The summed E-state index contributed by atoms with van der Waals surface area (Å²) in [6, 6.07) is 4.04. The van der Waals surface area contributed by atoms with Gasteiger partial charge in [0.2, 0.25) is 5.91 Å². The van der Waals surface area contributed by atoms with Crippen molar-refractivity contribution in [3.8, 4) is 0 Å². The van der Waals surface area contributed by atoms with Gasteiger partial charge in [-0.15, -0.1) is 0 Å². The van der Waals surface area contributed by atoms with E-state index < -0.39 is 23.1 Å². The van der Waals surface area contributed by atoms with Crippen LogP contribution in [0.2, 0.25) is 5.02 Å². The normalized spacial score (nSPS) is 11.2. The van der Waals surface area contributed by atoms with E-state index in [0.717, 1.165) is 0 Å². The minimum absolute atomic E-state index is 0.0762. The second kappa shape index (κ2) is 6.70. The van der Waals surface area contributed by atoms with Gasteiger partial charge in [0, 0.05) is 6.42 Å². The monoisotopic (exact) mass is 301 g/mol. The van der Waals surface area contributed by atoms with Crippen molar-refractivity contribution >= 4 is 29.2 Å². The zero-order valence-electron chi connectivity index (χ0n) is 11.4. The predicted octanol–water partition coefficient (Wildman–Crippen LogP) is 3.70. The number of carboxylic acids is 1. The summed E-state index contributed by atoms with van der Waals surface area (Å²) < 4.78 is 13.6. The summed E-state index contributed by atoms with van der Waals surface area (Å²) in [5, 5.41) is 11.7. The first-order valence-corrected chi connectivity index (χ1v) is 6.71. The maximum Gasteiger partial charge on any atom is 0.310 e. The van der Waals surface area contributed by atoms with Gasteiger partial charge in [0.25, 0.3) is 0 Å². The molecule has 0 radical (unpaired) electrons. The SMILES string of the molecule is CCC(CC)(CC(=O)Nc1c(F)cccc1Cl)C(=O)O. The van der Waals surface area contributed by atoms with Gasteiger partial charge in [-0.3, -0.25) is 9.59 Å². The third kappa shape index (κ3) is 3.48. The number of anilines is 1. The van der Waals surface area contributed by atoms with Crippen LogP contribution in [-0.4, -0.2) is 17.0 Å². The fraction of sp³-hybridized carbons (Fsp3) is 0.429. The molecule has 6 heteroatoms. The lowest BCUT2D eigenvalue weighted by Gasteiger charge is -2.25. The molecule has 0 unspecified atom stereocenters. The molecule has 0 aliphatic heterocycles. The Morgan fingerprint density at radius 1 is 1.35 bits per heavy atom. The van der Waals surface area contributed by atoms with Gasteiger partial charge in [-0.2, -0.15) is 0 Å². The van der Waals surface area contributed by atoms with Crippen molar-refractivity contribution in [1.82, 2.24) is 0 Å². The van der Waals surface area contributed by atoms with E-state index in [2.05, 4.69) is 5.32 Å². The highest BCUT2D eigenvalue weighted by molar-refractivity contribution is 6.33. The van der Waals surface area contributed by atoms with Crippen LogP contribution in [0.5, 0.6) is 0 Å². The summed E-state index contributed by atoms with van der Waals surface area (Å²) in [5.41, 5.74) is -1.26. The fourth-order valence-corrected chi connectivity index (χ4v) is 2.20. The van der Waals surface area contributed by atoms with Gasteiger partial charge in [-0.25, -0.2) is 4.39 Å². The van der Waals surface area contributed by atoms with E-state index in [1.807, 2.05) is 0 Å². The number of para-hydroxylation sites is 1. The average molecular weight is 302 g/mol. The van der Waals surface area contributed by atoms with E-state index in [-0.39, 0.29) is 17.1 Å². The average Bonchev–Trinajstić information content (AvgIpc) is 2.40. The van der Waals surface area contributed by atoms with Gasteiger partial charge in [0.05, 0.1) is 16.1 Å². The van der Waals surface area contributed by atoms with Gasteiger partial charge in [0.15, 0.2) is 0 Å². The molecule has 110 valence electrons. The number of benzene rings is 1. The maximum atomic E-state index is 13.6. The molecule has 1 aromatic carbocycles. The predicted molar refractivity (Wildman–Crippen MR) is 75.3 cm³/mol. The van der Waals surface area contributed by atoms with Gasteiger partial charge in [-0.1, -0.05) is 31.5 Å². The molecule has 0 atom stereocenters. The van der Waals surface area contributed by atoms with Crippen LogP contribution in [0.4, 0.5) is 10.1 Å². The lowest BCUT2D eigenvalue weighted by molar-refractivity contribution is -0.151. The molecule has 0 aliphatic carbocycles. The number of rotatable bonds is 6. The van der Waals surface area contributed by atoms with Crippen molar-refractivity contribution in [3.63, 3.8) is 0 Å². The molecule has 0 aromatic heterocycles. The van der Waals surface area contributed by atoms with Crippen molar-refractivity contribution in [2.75, 3.05) is 5.32 Å². The molecule has 2 N–H and O–H groups in total. The lowest BCUT2D eigenvalue weighted by Crippen LogP contribution is -2.34. The van der Waals surface area contributed by atoms with Crippen LogP contribution in [0.15, 0.2) is 18.2 Å². The van der Waals surface area contributed by atoms with Gasteiger partial charge >= 0.3 is 5.97 Å². The number of aliphatic carboxylic acids is 1. The Kier molecular flexibility index (Phi) is 5.51. The smallest absolute Gasteiger partial charge is 0.310 e. The molecule has 0 spiro atoms.